The molecule has 1 heterocycles. The van der Waals surface area contributed by atoms with E-state index in [1.807, 2.05) is 36.4 Å². The molecule has 28 heavy (non-hydrogen) atoms. The van der Waals surface area contributed by atoms with Gasteiger partial charge in [0.05, 0.1) is 6.61 Å². The molecule has 0 atom stereocenters. The van der Waals surface area contributed by atoms with Gasteiger partial charge in [-0.3, -0.25) is 4.79 Å². The van der Waals surface area contributed by atoms with Crippen molar-refractivity contribution in [2.45, 2.75) is 19.4 Å². The summed E-state index contributed by atoms with van der Waals surface area (Å²) in [5.41, 5.74) is 0.861. The van der Waals surface area contributed by atoms with E-state index in [1.54, 1.807) is 12.3 Å². The Balaban J connectivity index is 1.35. The Morgan fingerprint density at radius 3 is 2.46 bits per heavy atom. The van der Waals surface area contributed by atoms with Gasteiger partial charge >= 0.3 is 0 Å². The summed E-state index contributed by atoms with van der Waals surface area (Å²) >= 11 is 0. The summed E-state index contributed by atoms with van der Waals surface area (Å²) < 4.78 is 24.0. The van der Waals surface area contributed by atoms with Gasteiger partial charge in [-0.1, -0.05) is 24.3 Å². The number of aromatic nitrogens is 1. The number of amides is 1. The highest BCUT2D eigenvalue weighted by Crippen LogP contribution is 2.19. The maximum absolute atomic E-state index is 12.9. The summed E-state index contributed by atoms with van der Waals surface area (Å²) in [7, 11) is 0. The minimum atomic E-state index is -0.321. The second-order valence-corrected chi connectivity index (χ2v) is 6.10. The number of benzene rings is 2. The van der Waals surface area contributed by atoms with E-state index in [2.05, 4.69) is 10.3 Å². The summed E-state index contributed by atoms with van der Waals surface area (Å²) in [6.07, 6.45) is 2.67. The van der Waals surface area contributed by atoms with Gasteiger partial charge in [0.15, 0.2) is 0 Å². The lowest BCUT2D eigenvalue weighted by Crippen LogP contribution is -2.23. The summed E-state index contributed by atoms with van der Waals surface area (Å²) in [5.74, 6) is 1.35. The predicted molar refractivity (Wildman–Crippen MR) is 104 cm³/mol. The third-order valence-corrected chi connectivity index (χ3v) is 3.88. The summed E-state index contributed by atoms with van der Waals surface area (Å²) in [4.78, 5) is 16.1. The number of nitrogens with one attached hydrogen (secondary N) is 1. The van der Waals surface area contributed by atoms with E-state index in [1.165, 1.54) is 24.3 Å². The fourth-order valence-corrected chi connectivity index (χ4v) is 2.43. The minimum Gasteiger partial charge on any atom is -0.494 e. The first kappa shape index (κ1) is 19.4. The summed E-state index contributed by atoms with van der Waals surface area (Å²) in [6, 6.07) is 18.8. The molecular formula is C22H21FN2O3. The van der Waals surface area contributed by atoms with Crippen molar-refractivity contribution in [3.05, 3.63) is 84.3 Å². The molecule has 0 unspecified atom stereocenters. The molecule has 5 nitrogen and oxygen atoms in total. The molecule has 1 N–H and O–H groups in total. The maximum atomic E-state index is 12.9. The number of rotatable bonds is 9. The predicted octanol–water partition coefficient (Wildman–Crippen LogP) is 4.49. The highest BCUT2D eigenvalue weighted by Gasteiger charge is 2.04. The zero-order chi connectivity index (χ0) is 19.6. The zero-order valence-corrected chi connectivity index (χ0v) is 15.3. The maximum Gasteiger partial charge on any atom is 0.220 e. The lowest BCUT2D eigenvalue weighted by molar-refractivity contribution is -0.121. The van der Waals surface area contributed by atoms with Crippen LogP contribution in [0, 0.1) is 5.82 Å². The molecule has 0 saturated heterocycles. The largest absolute Gasteiger partial charge is 0.494 e. The van der Waals surface area contributed by atoms with Gasteiger partial charge in [0.2, 0.25) is 11.8 Å². The Kier molecular flexibility index (Phi) is 6.95. The quantitative estimate of drug-likeness (QED) is 0.556. The molecule has 0 aliphatic carbocycles. The molecule has 0 aliphatic rings. The second-order valence-electron chi connectivity index (χ2n) is 6.10. The molecule has 144 valence electrons. The van der Waals surface area contributed by atoms with Crippen LogP contribution in [0.3, 0.4) is 0 Å². The van der Waals surface area contributed by atoms with Crippen molar-refractivity contribution in [3.8, 4) is 17.4 Å². The average Bonchev–Trinajstić information content (AvgIpc) is 2.73. The molecule has 0 bridgehead atoms. The SMILES string of the molecule is O=C(CCCOc1ccccc1)NCc1ccc(Oc2ccc(F)cc2)nc1. The highest BCUT2D eigenvalue weighted by molar-refractivity contribution is 5.75. The van der Waals surface area contributed by atoms with E-state index in [0.717, 1.165) is 11.3 Å². The highest BCUT2D eigenvalue weighted by atomic mass is 19.1. The van der Waals surface area contributed by atoms with Gasteiger partial charge < -0.3 is 14.8 Å². The third kappa shape index (κ3) is 6.39. The molecule has 6 heteroatoms. The first-order chi connectivity index (χ1) is 13.7. The number of ether oxygens (including phenoxy) is 2. The van der Waals surface area contributed by atoms with E-state index < -0.39 is 0 Å². The lowest BCUT2D eigenvalue weighted by atomic mass is 10.2. The topological polar surface area (TPSA) is 60.5 Å². The smallest absolute Gasteiger partial charge is 0.220 e. The number of pyridine rings is 1. The van der Waals surface area contributed by atoms with Crippen LogP contribution >= 0.6 is 0 Å². The number of hydrogen-bond acceptors (Lipinski definition) is 4. The summed E-state index contributed by atoms with van der Waals surface area (Å²) in [6.45, 7) is 0.886. The molecule has 0 saturated carbocycles. The normalized spacial score (nSPS) is 10.3. The van der Waals surface area contributed by atoms with Gasteiger partial charge in [0.25, 0.3) is 0 Å². The van der Waals surface area contributed by atoms with Crippen LogP contribution in [0.25, 0.3) is 0 Å². The monoisotopic (exact) mass is 380 g/mol. The van der Waals surface area contributed by atoms with Gasteiger partial charge in [-0.15, -0.1) is 0 Å². The van der Waals surface area contributed by atoms with Crippen LogP contribution in [0.1, 0.15) is 18.4 Å². The molecular weight excluding hydrogens is 359 g/mol. The third-order valence-electron chi connectivity index (χ3n) is 3.88. The van der Waals surface area contributed by atoms with Gasteiger partial charge in [-0.25, -0.2) is 9.37 Å². The van der Waals surface area contributed by atoms with Crippen molar-refractivity contribution in [1.82, 2.24) is 10.3 Å². The molecule has 3 aromatic rings. The number of carbonyl (C=O) groups is 1. The van der Waals surface area contributed by atoms with E-state index >= 15 is 0 Å². The van der Waals surface area contributed by atoms with Crippen LogP contribution in [0.4, 0.5) is 4.39 Å². The second kappa shape index (κ2) is 10.1. The molecule has 1 amide bonds. The molecule has 0 radical (unpaired) electrons. The number of para-hydroxylation sites is 1. The number of hydrogen-bond donors (Lipinski definition) is 1. The summed E-state index contributed by atoms with van der Waals surface area (Å²) in [5, 5.41) is 2.86. The number of nitrogens with zero attached hydrogens (tertiary/aromatic N) is 1. The zero-order valence-electron chi connectivity index (χ0n) is 15.3. The van der Waals surface area contributed by atoms with Crippen LogP contribution in [0.5, 0.6) is 17.4 Å². The first-order valence-corrected chi connectivity index (χ1v) is 9.02. The molecule has 2 aromatic carbocycles. The van der Waals surface area contributed by atoms with Crippen LogP contribution in [-0.2, 0) is 11.3 Å². The molecule has 0 aliphatic heterocycles. The molecule has 0 spiro atoms. The van der Waals surface area contributed by atoms with E-state index in [-0.39, 0.29) is 11.7 Å². The lowest BCUT2D eigenvalue weighted by Gasteiger charge is -2.08. The van der Waals surface area contributed by atoms with Gasteiger partial charge in [0, 0.05) is 25.2 Å². The van der Waals surface area contributed by atoms with Crippen LogP contribution < -0.4 is 14.8 Å². The Bertz CT molecular complexity index is 869. The van der Waals surface area contributed by atoms with E-state index in [4.69, 9.17) is 9.47 Å². The average molecular weight is 380 g/mol. The van der Waals surface area contributed by atoms with Crippen molar-refractivity contribution < 1.29 is 18.7 Å². The van der Waals surface area contributed by atoms with Crippen molar-refractivity contribution >= 4 is 5.91 Å². The fraction of sp³-hybridized carbons (Fsp3) is 0.182. The van der Waals surface area contributed by atoms with Crippen molar-refractivity contribution in [1.29, 1.82) is 0 Å². The van der Waals surface area contributed by atoms with Crippen LogP contribution in [0.15, 0.2) is 72.9 Å². The Morgan fingerprint density at radius 1 is 0.964 bits per heavy atom. The minimum absolute atomic E-state index is 0.0386. The molecule has 1 aromatic heterocycles. The van der Waals surface area contributed by atoms with Crippen LogP contribution in [-0.4, -0.2) is 17.5 Å². The van der Waals surface area contributed by atoms with E-state index in [9.17, 15) is 9.18 Å². The standard InChI is InChI=1S/C22H21FN2O3/c23-18-9-11-20(12-10-18)28-22-13-8-17(16-25-22)15-24-21(26)7-4-14-27-19-5-2-1-3-6-19/h1-3,5-6,8-13,16H,4,7,14-15H2,(H,24,26). The van der Waals surface area contributed by atoms with Gasteiger partial charge in [-0.05, 0) is 48.4 Å². The Labute approximate surface area is 163 Å². The first-order valence-electron chi connectivity index (χ1n) is 9.02. The number of halogens is 1. The number of carbonyl (C=O) groups excluding carboxylic acids is 1. The molecule has 0 fully saturated rings. The van der Waals surface area contributed by atoms with Gasteiger partial charge in [0.1, 0.15) is 17.3 Å². The van der Waals surface area contributed by atoms with Gasteiger partial charge in [-0.2, -0.15) is 0 Å². The Morgan fingerprint density at radius 2 is 1.75 bits per heavy atom. The Hall–Kier alpha value is -3.41. The van der Waals surface area contributed by atoms with Crippen LogP contribution in [0.2, 0.25) is 0 Å². The van der Waals surface area contributed by atoms with E-state index in [0.29, 0.717) is 37.6 Å². The molecule has 3 rings (SSSR count). The van der Waals surface area contributed by atoms with Crippen molar-refractivity contribution in [2.75, 3.05) is 6.61 Å². The van der Waals surface area contributed by atoms with Crippen molar-refractivity contribution in [3.63, 3.8) is 0 Å². The fourth-order valence-electron chi connectivity index (χ4n) is 2.43. The van der Waals surface area contributed by atoms with Crippen molar-refractivity contribution in [2.24, 2.45) is 0 Å².